The van der Waals surface area contributed by atoms with Gasteiger partial charge in [-0.05, 0) is 49.3 Å². The molecule has 3 atom stereocenters. The van der Waals surface area contributed by atoms with Gasteiger partial charge in [-0.2, -0.15) is 0 Å². The zero-order chi connectivity index (χ0) is 13.0. The van der Waals surface area contributed by atoms with Gasteiger partial charge in [-0.25, -0.2) is 0 Å². The van der Waals surface area contributed by atoms with Gasteiger partial charge in [-0.1, -0.05) is 32.4 Å². The van der Waals surface area contributed by atoms with Crippen molar-refractivity contribution in [3.8, 4) is 5.75 Å². The van der Waals surface area contributed by atoms with E-state index in [0.29, 0.717) is 6.10 Å². The Hall–Kier alpha value is -1.02. The SMILES string of the molecule is CC[C@H](O)c1ccc(OC2CCCC(C)C2)cc1. The fourth-order valence-corrected chi connectivity index (χ4v) is 2.68. The van der Waals surface area contributed by atoms with Crippen LogP contribution in [-0.2, 0) is 0 Å². The van der Waals surface area contributed by atoms with Gasteiger partial charge in [0, 0.05) is 0 Å². The quantitative estimate of drug-likeness (QED) is 0.869. The molecule has 1 fully saturated rings. The van der Waals surface area contributed by atoms with Crippen LogP contribution in [0.4, 0.5) is 0 Å². The Balaban J connectivity index is 1.93. The van der Waals surface area contributed by atoms with Crippen LogP contribution in [0.5, 0.6) is 5.75 Å². The number of benzene rings is 1. The van der Waals surface area contributed by atoms with Crippen LogP contribution in [0.2, 0.25) is 0 Å². The van der Waals surface area contributed by atoms with Crippen molar-refractivity contribution >= 4 is 0 Å². The normalized spacial score (nSPS) is 25.7. The van der Waals surface area contributed by atoms with E-state index in [1.54, 1.807) is 0 Å². The molecule has 2 nitrogen and oxygen atoms in total. The highest BCUT2D eigenvalue weighted by Gasteiger charge is 2.20. The van der Waals surface area contributed by atoms with Gasteiger partial charge >= 0.3 is 0 Å². The van der Waals surface area contributed by atoms with Crippen molar-refractivity contribution in [3.63, 3.8) is 0 Å². The maximum atomic E-state index is 9.74. The summed E-state index contributed by atoms with van der Waals surface area (Å²) < 4.78 is 6.01. The lowest BCUT2D eigenvalue weighted by atomic mass is 9.89. The van der Waals surface area contributed by atoms with Crippen LogP contribution in [0.3, 0.4) is 0 Å². The molecule has 1 N–H and O–H groups in total. The highest BCUT2D eigenvalue weighted by Crippen LogP contribution is 2.28. The van der Waals surface area contributed by atoms with Crippen LogP contribution in [0, 0.1) is 5.92 Å². The first-order valence-electron chi connectivity index (χ1n) is 7.13. The highest BCUT2D eigenvalue weighted by molar-refractivity contribution is 5.28. The Morgan fingerprint density at radius 3 is 2.61 bits per heavy atom. The lowest BCUT2D eigenvalue weighted by Crippen LogP contribution is -2.24. The topological polar surface area (TPSA) is 29.5 Å². The van der Waals surface area contributed by atoms with E-state index in [2.05, 4.69) is 6.92 Å². The second-order valence-electron chi connectivity index (χ2n) is 5.50. The first-order chi connectivity index (χ1) is 8.69. The highest BCUT2D eigenvalue weighted by atomic mass is 16.5. The van der Waals surface area contributed by atoms with E-state index in [9.17, 15) is 5.11 Å². The van der Waals surface area contributed by atoms with Crippen LogP contribution in [-0.4, -0.2) is 11.2 Å². The van der Waals surface area contributed by atoms with Crippen LogP contribution in [0.25, 0.3) is 0 Å². The minimum absolute atomic E-state index is 0.353. The zero-order valence-corrected chi connectivity index (χ0v) is 11.4. The van der Waals surface area contributed by atoms with Crippen molar-refractivity contribution in [2.75, 3.05) is 0 Å². The van der Waals surface area contributed by atoms with E-state index in [1.807, 2.05) is 31.2 Å². The summed E-state index contributed by atoms with van der Waals surface area (Å²) in [4.78, 5) is 0. The second kappa shape index (κ2) is 6.24. The smallest absolute Gasteiger partial charge is 0.119 e. The summed E-state index contributed by atoms with van der Waals surface area (Å²) in [5.41, 5.74) is 0.974. The van der Waals surface area contributed by atoms with E-state index < -0.39 is 0 Å². The molecule has 2 rings (SSSR count). The lowest BCUT2D eigenvalue weighted by Gasteiger charge is -2.27. The van der Waals surface area contributed by atoms with Crippen LogP contribution >= 0.6 is 0 Å². The molecule has 0 aromatic heterocycles. The molecule has 0 aliphatic heterocycles. The first kappa shape index (κ1) is 13.4. The summed E-state index contributed by atoms with van der Waals surface area (Å²) in [5.74, 6) is 1.71. The number of hydrogen-bond donors (Lipinski definition) is 1. The van der Waals surface area contributed by atoms with Gasteiger partial charge in [-0.3, -0.25) is 0 Å². The maximum Gasteiger partial charge on any atom is 0.119 e. The molecule has 1 aliphatic carbocycles. The monoisotopic (exact) mass is 248 g/mol. The third kappa shape index (κ3) is 3.49. The molecule has 100 valence electrons. The maximum absolute atomic E-state index is 9.74. The standard InChI is InChI=1S/C16H24O2/c1-3-16(17)13-7-9-14(10-8-13)18-15-6-4-5-12(2)11-15/h7-10,12,15-17H,3-6,11H2,1-2H3/t12?,15?,16-/m0/s1. The molecule has 2 unspecified atom stereocenters. The predicted octanol–water partition coefficient (Wildman–Crippen LogP) is 4.09. The number of aliphatic hydroxyl groups excluding tert-OH is 1. The summed E-state index contributed by atoms with van der Waals surface area (Å²) in [6.07, 6.45) is 5.72. The van der Waals surface area contributed by atoms with Gasteiger partial charge in [-0.15, -0.1) is 0 Å². The van der Waals surface area contributed by atoms with Crippen molar-refractivity contribution in [1.82, 2.24) is 0 Å². The van der Waals surface area contributed by atoms with Crippen molar-refractivity contribution in [2.45, 2.75) is 58.2 Å². The molecule has 0 spiro atoms. The fourth-order valence-electron chi connectivity index (χ4n) is 2.68. The van der Waals surface area contributed by atoms with Crippen LogP contribution < -0.4 is 4.74 Å². The Morgan fingerprint density at radius 1 is 1.28 bits per heavy atom. The van der Waals surface area contributed by atoms with Crippen molar-refractivity contribution < 1.29 is 9.84 Å². The number of hydrogen-bond acceptors (Lipinski definition) is 2. The minimum atomic E-state index is -0.353. The van der Waals surface area contributed by atoms with E-state index >= 15 is 0 Å². The molecule has 1 aliphatic rings. The molecule has 2 heteroatoms. The van der Waals surface area contributed by atoms with E-state index in [1.165, 1.54) is 25.7 Å². The predicted molar refractivity (Wildman–Crippen MR) is 73.7 cm³/mol. The van der Waals surface area contributed by atoms with Crippen molar-refractivity contribution in [2.24, 2.45) is 5.92 Å². The lowest BCUT2D eigenvalue weighted by molar-refractivity contribution is 0.129. The number of aliphatic hydroxyl groups is 1. The van der Waals surface area contributed by atoms with Crippen LogP contribution in [0.15, 0.2) is 24.3 Å². The summed E-state index contributed by atoms with van der Waals surface area (Å²) in [5, 5.41) is 9.74. The molecule has 0 bridgehead atoms. The average molecular weight is 248 g/mol. The third-order valence-corrected chi connectivity index (χ3v) is 3.84. The Bertz CT molecular complexity index is 358. The Morgan fingerprint density at radius 2 is 2.00 bits per heavy atom. The molecule has 1 saturated carbocycles. The zero-order valence-electron chi connectivity index (χ0n) is 11.4. The number of ether oxygens (including phenoxy) is 1. The van der Waals surface area contributed by atoms with Gasteiger partial charge in [0.1, 0.15) is 5.75 Å². The summed E-state index contributed by atoms with van der Waals surface area (Å²) in [6, 6.07) is 7.90. The van der Waals surface area contributed by atoms with E-state index in [4.69, 9.17) is 4.74 Å². The summed E-state index contributed by atoms with van der Waals surface area (Å²) >= 11 is 0. The Kier molecular flexibility index (Phi) is 4.65. The molecule has 1 aromatic rings. The van der Waals surface area contributed by atoms with Gasteiger partial charge in [0.25, 0.3) is 0 Å². The summed E-state index contributed by atoms with van der Waals surface area (Å²) in [6.45, 7) is 4.29. The first-order valence-corrected chi connectivity index (χ1v) is 7.13. The van der Waals surface area contributed by atoms with Gasteiger partial charge in [0.05, 0.1) is 12.2 Å². The van der Waals surface area contributed by atoms with Crippen molar-refractivity contribution in [3.05, 3.63) is 29.8 Å². The van der Waals surface area contributed by atoms with Crippen LogP contribution in [0.1, 0.15) is 57.6 Å². The Labute approximate surface area is 110 Å². The fraction of sp³-hybridized carbons (Fsp3) is 0.625. The third-order valence-electron chi connectivity index (χ3n) is 3.84. The molecule has 0 amide bonds. The molecule has 0 saturated heterocycles. The number of rotatable bonds is 4. The molecular weight excluding hydrogens is 224 g/mol. The summed E-state index contributed by atoms with van der Waals surface area (Å²) in [7, 11) is 0. The second-order valence-corrected chi connectivity index (χ2v) is 5.50. The molecule has 18 heavy (non-hydrogen) atoms. The van der Waals surface area contributed by atoms with Gasteiger partial charge in [0.2, 0.25) is 0 Å². The van der Waals surface area contributed by atoms with Crippen molar-refractivity contribution in [1.29, 1.82) is 0 Å². The van der Waals surface area contributed by atoms with E-state index in [0.717, 1.165) is 23.7 Å². The minimum Gasteiger partial charge on any atom is -0.490 e. The molecule has 0 radical (unpaired) electrons. The largest absolute Gasteiger partial charge is 0.490 e. The van der Waals surface area contributed by atoms with Gasteiger partial charge in [0.15, 0.2) is 0 Å². The molecule has 1 aromatic carbocycles. The molecule has 0 heterocycles. The molecular formula is C16H24O2. The average Bonchev–Trinajstić information content (AvgIpc) is 2.39. The van der Waals surface area contributed by atoms with E-state index in [-0.39, 0.29) is 6.10 Å². The van der Waals surface area contributed by atoms with Gasteiger partial charge < -0.3 is 9.84 Å².